The SMILES string of the molecule is CCC(=O)[C@@H]1CCC[C@@H]1NC(=O)OC(C)(C)C. The Bertz CT molecular complexity index is 294. The molecule has 1 rings (SSSR count). The normalized spacial score (nSPS) is 24.5. The molecule has 17 heavy (non-hydrogen) atoms. The number of Topliss-reactive ketones (excluding diaryl/α,β-unsaturated/α-hetero) is 1. The van der Waals surface area contributed by atoms with E-state index in [0.29, 0.717) is 6.42 Å². The molecule has 1 amide bonds. The van der Waals surface area contributed by atoms with Gasteiger partial charge in [-0.15, -0.1) is 0 Å². The summed E-state index contributed by atoms with van der Waals surface area (Å²) in [4.78, 5) is 23.3. The molecule has 1 saturated carbocycles. The van der Waals surface area contributed by atoms with Crippen molar-refractivity contribution in [2.45, 2.75) is 65.0 Å². The van der Waals surface area contributed by atoms with E-state index in [9.17, 15) is 9.59 Å². The third kappa shape index (κ3) is 4.36. The molecule has 0 bridgehead atoms. The van der Waals surface area contributed by atoms with Crippen LogP contribution in [0.4, 0.5) is 4.79 Å². The number of nitrogens with one attached hydrogen (secondary N) is 1. The van der Waals surface area contributed by atoms with Crippen LogP contribution in [0.1, 0.15) is 53.4 Å². The van der Waals surface area contributed by atoms with Crippen molar-refractivity contribution in [2.75, 3.05) is 0 Å². The lowest BCUT2D eigenvalue weighted by Gasteiger charge is -2.24. The predicted molar refractivity (Wildman–Crippen MR) is 65.8 cm³/mol. The molecule has 1 aliphatic carbocycles. The summed E-state index contributed by atoms with van der Waals surface area (Å²) >= 11 is 0. The van der Waals surface area contributed by atoms with Gasteiger partial charge in [0.1, 0.15) is 11.4 Å². The van der Waals surface area contributed by atoms with Crippen LogP contribution in [0.5, 0.6) is 0 Å². The van der Waals surface area contributed by atoms with E-state index in [1.54, 1.807) is 0 Å². The third-order valence-corrected chi connectivity index (χ3v) is 2.98. The first-order valence-corrected chi connectivity index (χ1v) is 6.35. The second-order valence-electron chi connectivity index (χ2n) is 5.61. The maximum absolute atomic E-state index is 11.7. The highest BCUT2D eigenvalue weighted by atomic mass is 16.6. The van der Waals surface area contributed by atoms with Crippen LogP contribution in [0.3, 0.4) is 0 Å². The molecule has 0 spiro atoms. The minimum atomic E-state index is -0.493. The first-order valence-electron chi connectivity index (χ1n) is 6.35. The molecule has 0 unspecified atom stereocenters. The van der Waals surface area contributed by atoms with Crippen molar-refractivity contribution in [2.24, 2.45) is 5.92 Å². The number of ketones is 1. The van der Waals surface area contributed by atoms with Gasteiger partial charge in [-0.05, 0) is 33.6 Å². The van der Waals surface area contributed by atoms with Crippen LogP contribution in [0, 0.1) is 5.92 Å². The zero-order chi connectivity index (χ0) is 13.1. The van der Waals surface area contributed by atoms with E-state index in [4.69, 9.17) is 4.74 Å². The van der Waals surface area contributed by atoms with Gasteiger partial charge in [-0.25, -0.2) is 4.79 Å². The summed E-state index contributed by atoms with van der Waals surface area (Å²) in [6, 6.07) is -0.0442. The molecule has 0 aromatic rings. The van der Waals surface area contributed by atoms with Crippen molar-refractivity contribution in [3.63, 3.8) is 0 Å². The van der Waals surface area contributed by atoms with Gasteiger partial charge < -0.3 is 10.1 Å². The van der Waals surface area contributed by atoms with Crippen LogP contribution in [-0.2, 0) is 9.53 Å². The van der Waals surface area contributed by atoms with Crippen LogP contribution in [0.2, 0.25) is 0 Å². The smallest absolute Gasteiger partial charge is 0.407 e. The van der Waals surface area contributed by atoms with E-state index in [0.717, 1.165) is 19.3 Å². The summed E-state index contributed by atoms with van der Waals surface area (Å²) in [5.41, 5.74) is -0.493. The number of carbonyl (C=O) groups is 2. The van der Waals surface area contributed by atoms with Crippen LogP contribution >= 0.6 is 0 Å². The van der Waals surface area contributed by atoms with Crippen LogP contribution in [0.25, 0.3) is 0 Å². The Labute approximate surface area is 103 Å². The number of carbonyl (C=O) groups excluding carboxylic acids is 2. The molecular weight excluding hydrogens is 218 g/mol. The summed E-state index contributed by atoms with van der Waals surface area (Å²) in [7, 11) is 0. The molecule has 0 aromatic heterocycles. The predicted octanol–water partition coefficient (Wildman–Crippen LogP) is 2.66. The molecule has 0 aromatic carbocycles. The van der Waals surface area contributed by atoms with Crippen molar-refractivity contribution in [1.29, 1.82) is 0 Å². The molecule has 0 aliphatic heterocycles. The number of hydrogen-bond donors (Lipinski definition) is 1. The largest absolute Gasteiger partial charge is 0.444 e. The molecule has 2 atom stereocenters. The van der Waals surface area contributed by atoms with E-state index in [1.807, 2.05) is 27.7 Å². The second-order valence-corrected chi connectivity index (χ2v) is 5.61. The quantitative estimate of drug-likeness (QED) is 0.826. The van der Waals surface area contributed by atoms with Gasteiger partial charge in [-0.2, -0.15) is 0 Å². The van der Waals surface area contributed by atoms with Gasteiger partial charge in [0.05, 0.1) is 0 Å². The molecule has 4 heteroatoms. The summed E-state index contributed by atoms with van der Waals surface area (Å²) in [6.45, 7) is 7.35. The lowest BCUT2D eigenvalue weighted by atomic mass is 9.97. The first-order chi connectivity index (χ1) is 7.83. The molecule has 1 N–H and O–H groups in total. The number of rotatable bonds is 3. The zero-order valence-corrected chi connectivity index (χ0v) is 11.2. The van der Waals surface area contributed by atoms with Gasteiger partial charge >= 0.3 is 6.09 Å². The Morgan fingerprint density at radius 3 is 2.47 bits per heavy atom. The average Bonchev–Trinajstić information content (AvgIpc) is 2.61. The highest BCUT2D eigenvalue weighted by Gasteiger charge is 2.33. The fraction of sp³-hybridized carbons (Fsp3) is 0.846. The molecular formula is C13H23NO3. The number of hydrogen-bond acceptors (Lipinski definition) is 3. The van der Waals surface area contributed by atoms with E-state index in [-0.39, 0.29) is 17.7 Å². The molecule has 0 heterocycles. The van der Waals surface area contributed by atoms with Crippen molar-refractivity contribution in [3.05, 3.63) is 0 Å². The van der Waals surface area contributed by atoms with Crippen molar-refractivity contribution in [3.8, 4) is 0 Å². The fourth-order valence-electron chi connectivity index (χ4n) is 2.24. The maximum atomic E-state index is 11.7. The van der Waals surface area contributed by atoms with E-state index < -0.39 is 11.7 Å². The van der Waals surface area contributed by atoms with Crippen LogP contribution in [-0.4, -0.2) is 23.5 Å². The van der Waals surface area contributed by atoms with Gasteiger partial charge in [-0.3, -0.25) is 4.79 Å². The fourth-order valence-corrected chi connectivity index (χ4v) is 2.24. The number of alkyl carbamates (subject to hydrolysis) is 1. The zero-order valence-electron chi connectivity index (χ0n) is 11.2. The number of ether oxygens (including phenoxy) is 1. The Morgan fingerprint density at radius 1 is 1.29 bits per heavy atom. The summed E-state index contributed by atoms with van der Waals surface area (Å²) in [5.74, 6) is 0.219. The highest BCUT2D eigenvalue weighted by Crippen LogP contribution is 2.27. The Kier molecular flexibility index (Phi) is 4.54. The molecule has 0 saturated heterocycles. The maximum Gasteiger partial charge on any atom is 0.407 e. The van der Waals surface area contributed by atoms with Crippen molar-refractivity contribution < 1.29 is 14.3 Å². The molecule has 1 fully saturated rings. The number of amides is 1. The minimum Gasteiger partial charge on any atom is -0.444 e. The van der Waals surface area contributed by atoms with E-state index >= 15 is 0 Å². The topological polar surface area (TPSA) is 55.4 Å². The van der Waals surface area contributed by atoms with Gasteiger partial charge in [0.2, 0.25) is 0 Å². The van der Waals surface area contributed by atoms with Crippen molar-refractivity contribution >= 4 is 11.9 Å². The molecule has 98 valence electrons. The summed E-state index contributed by atoms with van der Waals surface area (Å²) in [6.07, 6.45) is 2.87. The highest BCUT2D eigenvalue weighted by molar-refractivity contribution is 5.82. The lowest BCUT2D eigenvalue weighted by molar-refractivity contribution is -0.122. The summed E-state index contributed by atoms with van der Waals surface area (Å²) in [5, 5.41) is 2.82. The minimum absolute atomic E-state index is 0.0208. The Hall–Kier alpha value is -1.06. The average molecular weight is 241 g/mol. The Balaban J connectivity index is 2.50. The monoisotopic (exact) mass is 241 g/mol. The van der Waals surface area contributed by atoms with Gasteiger partial charge in [0, 0.05) is 18.4 Å². The van der Waals surface area contributed by atoms with Crippen LogP contribution in [0.15, 0.2) is 0 Å². The Morgan fingerprint density at radius 2 is 1.94 bits per heavy atom. The summed E-state index contributed by atoms with van der Waals surface area (Å²) < 4.78 is 5.20. The van der Waals surface area contributed by atoms with E-state index in [1.165, 1.54) is 0 Å². The first kappa shape index (κ1) is 14.0. The molecule has 4 nitrogen and oxygen atoms in total. The standard InChI is InChI=1S/C13H23NO3/c1-5-11(15)9-7-6-8-10(9)14-12(16)17-13(2,3)4/h9-10H,5-8H2,1-4H3,(H,14,16)/t9-,10+/m1/s1. The third-order valence-electron chi connectivity index (χ3n) is 2.98. The second kappa shape index (κ2) is 5.52. The van der Waals surface area contributed by atoms with Gasteiger partial charge in [-0.1, -0.05) is 13.3 Å². The van der Waals surface area contributed by atoms with Gasteiger partial charge in [0.15, 0.2) is 0 Å². The molecule has 1 aliphatic rings. The van der Waals surface area contributed by atoms with Crippen LogP contribution < -0.4 is 5.32 Å². The van der Waals surface area contributed by atoms with Crippen molar-refractivity contribution in [1.82, 2.24) is 5.32 Å². The molecule has 0 radical (unpaired) electrons. The van der Waals surface area contributed by atoms with Gasteiger partial charge in [0.25, 0.3) is 0 Å². The van der Waals surface area contributed by atoms with E-state index in [2.05, 4.69) is 5.32 Å². The lowest BCUT2D eigenvalue weighted by Crippen LogP contribution is -2.42.